The minimum Gasteiger partial charge on any atom is -0.307 e. The number of nitrogens with zero attached hydrogens (tertiary/aromatic N) is 1. The molecule has 0 N–H and O–H groups in total. The van der Waals surface area contributed by atoms with Gasteiger partial charge in [0.25, 0.3) is 0 Å². The summed E-state index contributed by atoms with van der Waals surface area (Å²) >= 11 is 9.75. The van der Waals surface area contributed by atoms with E-state index in [0.29, 0.717) is 0 Å². The first-order valence-electron chi connectivity index (χ1n) is 10.8. The lowest BCUT2D eigenvalue weighted by Gasteiger charge is -2.08. The maximum absolute atomic E-state index is 2.52. The Morgan fingerprint density at radius 2 is 1.21 bits per heavy atom. The number of hydrogen-bond donors (Lipinski definition) is 0. The normalized spacial score (nSPS) is 12.7. The molecule has 1 nitrogen and oxygen atoms in total. The molecule has 6 heterocycles. The van der Waals surface area contributed by atoms with Crippen LogP contribution in [-0.2, 0) is 0 Å². The molecular formula is C27H17NS5. The summed E-state index contributed by atoms with van der Waals surface area (Å²) in [6.07, 6.45) is 0. The Bertz CT molecular complexity index is 2050. The number of thiophene rings is 5. The highest BCUT2D eigenvalue weighted by Gasteiger charge is 2.22. The van der Waals surface area contributed by atoms with E-state index < -0.39 is 0 Å². The molecule has 0 atom stereocenters. The van der Waals surface area contributed by atoms with Crippen LogP contribution in [0.5, 0.6) is 0 Å². The van der Waals surface area contributed by atoms with E-state index in [1.54, 1.807) is 0 Å². The molecule has 0 spiro atoms. The van der Waals surface area contributed by atoms with Gasteiger partial charge in [0.1, 0.15) is 0 Å². The number of fused-ring (bicyclic) bond motifs is 10. The minimum atomic E-state index is 1.25. The summed E-state index contributed by atoms with van der Waals surface area (Å²) in [5.74, 6) is 0. The number of rotatable bonds is 1. The minimum absolute atomic E-state index is 1.25. The molecule has 0 fully saturated rings. The number of aryl methyl sites for hydroxylation is 3. The van der Waals surface area contributed by atoms with E-state index in [4.69, 9.17) is 0 Å². The Labute approximate surface area is 209 Å². The highest BCUT2D eigenvalue weighted by molar-refractivity contribution is 7.41. The Morgan fingerprint density at radius 1 is 0.545 bits per heavy atom. The van der Waals surface area contributed by atoms with Gasteiger partial charge in [-0.3, -0.25) is 0 Å². The molecule has 0 amide bonds. The van der Waals surface area contributed by atoms with E-state index in [1.165, 1.54) is 80.4 Å². The molecule has 0 saturated heterocycles. The summed E-state index contributed by atoms with van der Waals surface area (Å²) in [5.41, 5.74) is 5.25. The summed E-state index contributed by atoms with van der Waals surface area (Å²) in [7, 11) is 0. The molecule has 0 aliphatic carbocycles. The van der Waals surface area contributed by atoms with Crippen LogP contribution >= 0.6 is 56.7 Å². The van der Waals surface area contributed by atoms with Gasteiger partial charge in [-0.2, -0.15) is 0 Å². The van der Waals surface area contributed by atoms with Gasteiger partial charge in [-0.05, 0) is 57.2 Å². The predicted molar refractivity (Wildman–Crippen MR) is 154 cm³/mol. The first-order chi connectivity index (χ1) is 16.0. The third kappa shape index (κ3) is 2.51. The first-order valence-corrected chi connectivity index (χ1v) is 14.9. The molecule has 160 valence electrons. The van der Waals surface area contributed by atoms with E-state index in [0.717, 1.165) is 0 Å². The van der Waals surface area contributed by atoms with Gasteiger partial charge >= 0.3 is 0 Å². The largest absolute Gasteiger partial charge is 0.307 e. The molecule has 6 heteroatoms. The highest BCUT2D eigenvalue weighted by atomic mass is 32.1. The van der Waals surface area contributed by atoms with E-state index in [-0.39, 0.29) is 0 Å². The summed E-state index contributed by atoms with van der Waals surface area (Å²) in [6, 6.07) is 18.6. The average molecular weight is 516 g/mol. The number of aromatic nitrogens is 1. The van der Waals surface area contributed by atoms with E-state index in [1.807, 2.05) is 56.7 Å². The van der Waals surface area contributed by atoms with E-state index in [2.05, 4.69) is 73.9 Å². The lowest BCUT2D eigenvalue weighted by atomic mass is 10.2. The third-order valence-corrected chi connectivity index (χ3v) is 12.6. The summed E-state index contributed by atoms with van der Waals surface area (Å²) in [4.78, 5) is 2.79. The Morgan fingerprint density at radius 3 is 2.00 bits per heavy atom. The highest BCUT2D eigenvalue weighted by Crippen LogP contribution is 2.51. The second-order valence-electron chi connectivity index (χ2n) is 8.78. The molecule has 0 saturated carbocycles. The molecule has 8 aromatic rings. The van der Waals surface area contributed by atoms with Crippen LogP contribution in [0, 0.1) is 20.8 Å². The fourth-order valence-electron chi connectivity index (χ4n) is 5.02. The molecule has 0 aliphatic heterocycles. The van der Waals surface area contributed by atoms with Gasteiger partial charge in [-0.25, -0.2) is 0 Å². The van der Waals surface area contributed by atoms with Crippen LogP contribution in [0.25, 0.3) is 65.1 Å². The van der Waals surface area contributed by atoms with Crippen molar-refractivity contribution in [3.8, 4) is 5.69 Å². The summed E-state index contributed by atoms with van der Waals surface area (Å²) in [6.45, 7) is 6.60. The topological polar surface area (TPSA) is 4.93 Å². The fraction of sp³-hybridized carbons (Fsp3) is 0.111. The lowest BCUT2D eigenvalue weighted by Crippen LogP contribution is -1.93. The van der Waals surface area contributed by atoms with Crippen molar-refractivity contribution in [3.05, 3.63) is 63.8 Å². The van der Waals surface area contributed by atoms with Crippen molar-refractivity contribution in [1.82, 2.24) is 4.57 Å². The second kappa shape index (κ2) is 6.46. The second-order valence-corrected chi connectivity index (χ2v) is 14.4. The van der Waals surface area contributed by atoms with Gasteiger partial charge in [0.2, 0.25) is 0 Å². The van der Waals surface area contributed by atoms with Gasteiger partial charge in [0, 0.05) is 40.3 Å². The van der Waals surface area contributed by atoms with Gasteiger partial charge in [0.05, 0.1) is 34.5 Å². The van der Waals surface area contributed by atoms with Gasteiger partial charge in [-0.1, -0.05) is 17.7 Å². The molecular weight excluding hydrogens is 499 g/mol. The smallest absolute Gasteiger partial charge is 0.0828 e. The number of hydrogen-bond acceptors (Lipinski definition) is 5. The van der Waals surface area contributed by atoms with Gasteiger partial charge < -0.3 is 4.57 Å². The monoisotopic (exact) mass is 515 g/mol. The van der Waals surface area contributed by atoms with Crippen molar-refractivity contribution in [1.29, 1.82) is 0 Å². The van der Waals surface area contributed by atoms with Crippen molar-refractivity contribution >= 4 is 116 Å². The zero-order valence-corrected chi connectivity index (χ0v) is 22.2. The average Bonchev–Trinajstić information content (AvgIpc) is 3.58. The quantitative estimate of drug-likeness (QED) is 0.205. The van der Waals surface area contributed by atoms with Crippen LogP contribution in [0.15, 0.2) is 48.5 Å². The molecule has 2 aromatic carbocycles. The SMILES string of the molecule is Cc1ccc(-n2c3cc4c(cc3c3sc5cc(C)sc5c32)sc2c3sc(C)cc3sc42)cc1. The van der Waals surface area contributed by atoms with Crippen LogP contribution in [0.1, 0.15) is 15.3 Å². The molecule has 0 aliphatic rings. The van der Waals surface area contributed by atoms with Crippen molar-refractivity contribution in [2.24, 2.45) is 0 Å². The molecule has 0 radical (unpaired) electrons. The standard InChI is InChI=1S/C27H17NS5/c1-12-4-6-15(7-5-12)28-18-10-17-19(31-27-24(17)33-21-9-14(3)30-26(21)27)11-16(18)23-22(28)25-20(32-23)8-13(2)29-25/h4-11H,1-3H3. The van der Waals surface area contributed by atoms with Crippen LogP contribution in [0.2, 0.25) is 0 Å². The zero-order chi connectivity index (χ0) is 22.0. The van der Waals surface area contributed by atoms with Crippen molar-refractivity contribution < 1.29 is 0 Å². The maximum atomic E-state index is 2.52. The molecule has 0 unspecified atom stereocenters. The van der Waals surface area contributed by atoms with Crippen LogP contribution in [-0.4, -0.2) is 4.57 Å². The maximum Gasteiger partial charge on any atom is 0.0828 e. The fourth-order valence-corrected chi connectivity index (χ4v) is 11.6. The van der Waals surface area contributed by atoms with Crippen LogP contribution in [0.3, 0.4) is 0 Å². The van der Waals surface area contributed by atoms with Crippen molar-refractivity contribution in [3.63, 3.8) is 0 Å². The van der Waals surface area contributed by atoms with E-state index >= 15 is 0 Å². The molecule has 8 rings (SSSR count). The molecule has 33 heavy (non-hydrogen) atoms. The van der Waals surface area contributed by atoms with Gasteiger partial charge in [0.15, 0.2) is 0 Å². The zero-order valence-electron chi connectivity index (χ0n) is 18.1. The first kappa shape index (κ1) is 19.1. The summed E-state index contributed by atoms with van der Waals surface area (Å²) in [5, 5.41) is 2.79. The van der Waals surface area contributed by atoms with E-state index in [9.17, 15) is 0 Å². The molecule has 6 aromatic heterocycles. The summed E-state index contributed by atoms with van der Waals surface area (Å²) < 4.78 is 14.0. The Kier molecular flexibility index (Phi) is 3.75. The third-order valence-electron chi connectivity index (χ3n) is 6.46. The Hall–Kier alpha value is -2.22. The molecule has 0 bridgehead atoms. The van der Waals surface area contributed by atoms with Crippen LogP contribution < -0.4 is 0 Å². The van der Waals surface area contributed by atoms with Crippen LogP contribution in [0.4, 0.5) is 0 Å². The Balaban J connectivity index is 1.57. The van der Waals surface area contributed by atoms with Crippen molar-refractivity contribution in [2.75, 3.05) is 0 Å². The lowest BCUT2D eigenvalue weighted by molar-refractivity contribution is 1.18. The number of benzene rings is 2. The van der Waals surface area contributed by atoms with Gasteiger partial charge in [-0.15, -0.1) is 56.7 Å². The van der Waals surface area contributed by atoms with Crippen molar-refractivity contribution in [2.45, 2.75) is 20.8 Å². The predicted octanol–water partition coefficient (Wildman–Crippen LogP) is 10.6.